The van der Waals surface area contributed by atoms with E-state index in [1.54, 1.807) is 13.3 Å². The molecule has 0 atom stereocenters. The SMILES string of the molecule is COc1ccc(-c2cncc(=O)[nH]2)c(C)c1. The molecule has 4 heteroatoms. The molecule has 16 heavy (non-hydrogen) atoms. The van der Waals surface area contributed by atoms with Crippen LogP contribution in [-0.4, -0.2) is 17.1 Å². The predicted octanol–water partition coefficient (Wildman–Crippen LogP) is 1.75. The quantitative estimate of drug-likeness (QED) is 0.832. The van der Waals surface area contributed by atoms with Crippen LogP contribution < -0.4 is 10.3 Å². The van der Waals surface area contributed by atoms with Gasteiger partial charge in [-0.05, 0) is 30.7 Å². The Morgan fingerprint density at radius 1 is 1.31 bits per heavy atom. The van der Waals surface area contributed by atoms with Crippen molar-refractivity contribution in [2.45, 2.75) is 6.92 Å². The first-order valence-electron chi connectivity index (χ1n) is 4.90. The minimum atomic E-state index is -0.201. The maximum absolute atomic E-state index is 11.2. The number of rotatable bonds is 2. The molecule has 0 amide bonds. The zero-order valence-electron chi connectivity index (χ0n) is 9.15. The normalized spacial score (nSPS) is 10.1. The Hall–Kier alpha value is -2.10. The van der Waals surface area contributed by atoms with Gasteiger partial charge in [-0.3, -0.25) is 9.78 Å². The van der Waals surface area contributed by atoms with Crippen molar-refractivity contribution >= 4 is 0 Å². The third-order valence-electron chi connectivity index (χ3n) is 2.38. The summed E-state index contributed by atoms with van der Waals surface area (Å²) in [5.74, 6) is 0.799. The zero-order valence-corrected chi connectivity index (χ0v) is 9.15. The van der Waals surface area contributed by atoms with Crippen molar-refractivity contribution in [1.29, 1.82) is 0 Å². The highest BCUT2D eigenvalue weighted by molar-refractivity contribution is 5.63. The van der Waals surface area contributed by atoms with Gasteiger partial charge < -0.3 is 9.72 Å². The molecule has 1 aromatic heterocycles. The third-order valence-corrected chi connectivity index (χ3v) is 2.38. The van der Waals surface area contributed by atoms with Crippen LogP contribution >= 0.6 is 0 Å². The van der Waals surface area contributed by atoms with Crippen molar-refractivity contribution < 1.29 is 4.74 Å². The summed E-state index contributed by atoms with van der Waals surface area (Å²) in [7, 11) is 1.63. The first-order valence-corrected chi connectivity index (χ1v) is 4.90. The number of hydrogen-bond acceptors (Lipinski definition) is 3. The van der Waals surface area contributed by atoms with Gasteiger partial charge in [0.2, 0.25) is 0 Å². The molecule has 0 aliphatic carbocycles. The van der Waals surface area contributed by atoms with E-state index < -0.39 is 0 Å². The third kappa shape index (κ3) is 1.95. The molecule has 2 aromatic rings. The Morgan fingerprint density at radius 2 is 2.12 bits per heavy atom. The van der Waals surface area contributed by atoms with Crippen LogP contribution in [-0.2, 0) is 0 Å². The van der Waals surface area contributed by atoms with E-state index in [1.165, 1.54) is 6.20 Å². The van der Waals surface area contributed by atoms with E-state index in [9.17, 15) is 4.79 Å². The van der Waals surface area contributed by atoms with E-state index in [0.29, 0.717) is 5.69 Å². The molecule has 0 aliphatic rings. The molecule has 0 spiro atoms. The number of aromatic amines is 1. The molecule has 4 nitrogen and oxygen atoms in total. The van der Waals surface area contributed by atoms with Gasteiger partial charge in [0.05, 0.1) is 25.2 Å². The summed E-state index contributed by atoms with van der Waals surface area (Å²) in [6, 6.07) is 5.68. The molecule has 82 valence electrons. The topological polar surface area (TPSA) is 55.0 Å². The van der Waals surface area contributed by atoms with Crippen molar-refractivity contribution in [3.8, 4) is 17.0 Å². The molecule has 0 saturated heterocycles. The van der Waals surface area contributed by atoms with Crippen LogP contribution in [0, 0.1) is 6.92 Å². The monoisotopic (exact) mass is 216 g/mol. The fourth-order valence-electron chi connectivity index (χ4n) is 1.58. The molecule has 0 fully saturated rings. The Kier molecular flexibility index (Phi) is 2.72. The molecule has 1 N–H and O–H groups in total. The predicted molar refractivity (Wildman–Crippen MR) is 61.6 cm³/mol. The number of ether oxygens (including phenoxy) is 1. The average Bonchev–Trinajstić information content (AvgIpc) is 2.28. The molecule has 0 bridgehead atoms. The van der Waals surface area contributed by atoms with Crippen molar-refractivity contribution in [2.75, 3.05) is 7.11 Å². The van der Waals surface area contributed by atoms with Gasteiger partial charge in [-0.2, -0.15) is 0 Å². The highest BCUT2D eigenvalue weighted by Crippen LogP contribution is 2.23. The summed E-state index contributed by atoms with van der Waals surface area (Å²) >= 11 is 0. The Labute approximate surface area is 92.9 Å². The summed E-state index contributed by atoms with van der Waals surface area (Å²) in [4.78, 5) is 17.8. The number of benzene rings is 1. The van der Waals surface area contributed by atoms with Crippen molar-refractivity contribution in [1.82, 2.24) is 9.97 Å². The maximum atomic E-state index is 11.2. The second-order valence-corrected chi connectivity index (χ2v) is 3.49. The molecular weight excluding hydrogens is 204 g/mol. The van der Waals surface area contributed by atoms with Gasteiger partial charge in [-0.1, -0.05) is 0 Å². The molecule has 0 unspecified atom stereocenters. The molecular formula is C12H12N2O2. The fourth-order valence-corrected chi connectivity index (χ4v) is 1.58. The molecule has 1 aromatic carbocycles. The summed E-state index contributed by atoms with van der Waals surface area (Å²) in [6.07, 6.45) is 2.89. The smallest absolute Gasteiger partial charge is 0.266 e. The van der Waals surface area contributed by atoms with E-state index in [1.807, 2.05) is 25.1 Å². The second-order valence-electron chi connectivity index (χ2n) is 3.49. The lowest BCUT2D eigenvalue weighted by atomic mass is 10.1. The number of hydrogen-bond donors (Lipinski definition) is 1. The van der Waals surface area contributed by atoms with Gasteiger partial charge in [0.25, 0.3) is 5.56 Å². The van der Waals surface area contributed by atoms with Gasteiger partial charge in [0, 0.05) is 5.56 Å². The number of aromatic nitrogens is 2. The van der Waals surface area contributed by atoms with Crippen LogP contribution in [0.5, 0.6) is 5.75 Å². The molecule has 0 radical (unpaired) electrons. The highest BCUT2D eigenvalue weighted by Gasteiger charge is 2.04. The summed E-state index contributed by atoms with van der Waals surface area (Å²) in [6.45, 7) is 1.96. The minimum absolute atomic E-state index is 0.201. The van der Waals surface area contributed by atoms with Crippen LogP contribution in [0.2, 0.25) is 0 Å². The van der Waals surface area contributed by atoms with Crippen LogP contribution in [0.1, 0.15) is 5.56 Å². The van der Waals surface area contributed by atoms with Gasteiger partial charge in [0.1, 0.15) is 5.75 Å². The highest BCUT2D eigenvalue weighted by atomic mass is 16.5. The first-order chi connectivity index (χ1) is 7.70. The fraction of sp³-hybridized carbons (Fsp3) is 0.167. The minimum Gasteiger partial charge on any atom is -0.497 e. The van der Waals surface area contributed by atoms with Gasteiger partial charge in [0.15, 0.2) is 0 Å². The number of aryl methyl sites for hydroxylation is 1. The van der Waals surface area contributed by atoms with Gasteiger partial charge in [-0.15, -0.1) is 0 Å². The Balaban J connectivity index is 2.52. The van der Waals surface area contributed by atoms with Crippen LogP contribution in [0.15, 0.2) is 35.4 Å². The molecule has 2 rings (SSSR count). The molecule has 1 heterocycles. The van der Waals surface area contributed by atoms with E-state index in [0.717, 1.165) is 16.9 Å². The van der Waals surface area contributed by atoms with Gasteiger partial charge >= 0.3 is 0 Å². The van der Waals surface area contributed by atoms with Crippen LogP contribution in [0.3, 0.4) is 0 Å². The Bertz CT molecular complexity index is 561. The lowest BCUT2D eigenvalue weighted by Gasteiger charge is -2.07. The molecule has 0 saturated carbocycles. The van der Waals surface area contributed by atoms with Crippen molar-refractivity contribution in [2.24, 2.45) is 0 Å². The number of H-pyrrole nitrogens is 1. The lowest BCUT2D eigenvalue weighted by Crippen LogP contribution is -2.06. The zero-order chi connectivity index (χ0) is 11.5. The number of methoxy groups -OCH3 is 1. The van der Waals surface area contributed by atoms with Crippen LogP contribution in [0.25, 0.3) is 11.3 Å². The van der Waals surface area contributed by atoms with Gasteiger partial charge in [-0.25, -0.2) is 0 Å². The Morgan fingerprint density at radius 3 is 2.75 bits per heavy atom. The summed E-state index contributed by atoms with van der Waals surface area (Å²) in [5.41, 5.74) is 2.49. The number of nitrogens with one attached hydrogen (secondary N) is 1. The molecule has 0 aliphatic heterocycles. The summed E-state index contributed by atoms with van der Waals surface area (Å²) in [5, 5.41) is 0. The van der Waals surface area contributed by atoms with E-state index in [-0.39, 0.29) is 5.56 Å². The lowest BCUT2D eigenvalue weighted by molar-refractivity contribution is 0.414. The van der Waals surface area contributed by atoms with E-state index >= 15 is 0 Å². The van der Waals surface area contributed by atoms with E-state index in [4.69, 9.17) is 4.74 Å². The largest absolute Gasteiger partial charge is 0.497 e. The van der Waals surface area contributed by atoms with Crippen LogP contribution in [0.4, 0.5) is 0 Å². The van der Waals surface area contributed by atoms with E-state index in [2.05, 4.69) is 9.97 Å². The summed E-state index contributed by atoms with van der Waals surface area (Å²) < 4.78 is 5.12. The first kappa shape index (κ1) is 10.4. The average molecular weight is 216 g/mol. The second kappa shape index (κ2) is 4.18. The maximum Gasteiger partial charge on any atom is 0.266 e. The number of nitrogens with zero attached hydrogens (tertiary/aromatic N) is 1. The van der Waals surface area contributed by atoms with Crippen molar-refractivity contribution in [3.05, 3.63) is 46.5 Å². The standard InChI is InChI=1S/C12H12N2O2/c1-8-5-9(16-2)3-4-10(8)11-6-13-7-12(15)14-11/h3-7H,1-2H3,(H,14,15). The van der Waals surface area contributed by atoms with Crippen molar-refractivity contribution in [3.63, 3.8) is 0 Å².